The summed E-state index contributed by atoms with van der Waals surface area (Å²) in [6, 6.07) is 5.56. The van der Waals surface area contributed by atoms with Crippen LogP contribution < -0.4 is 10.5 Å². The van der Waals surface area contributed by atoms with Gasteiger partial charge in [-0.15, -0.1) is 0 Å². The SMILES string of the molecule is COc1ccc(Cl)c(C(N)CC(C)C)c1. The van der Waals surface area contributed by atoms with Gasteiger partial charge >= 0.3 is 0 Å². The third-order valence-electron chi connectivity index (χ3n) is 2.33. The van der Waals surface area contributed by atoms with Crippen molar-refractivity contribution in [3.05, 3.63) is 28.8 Å². The minimum Gasteiger partial charge on any atom is -0.497 e. The van der Waals surface area contributed by atoms with Gasteiger partial charge in [-0.3, -0.25) is 0 Å². The van der Waals surface area contributed by atoms with Gasteiger partial charge in [0.25, 0.3) is 0 Å². The fourth-order valence-electron chi connectivity index (χ4n) is 1.57. The molecule has 0 spiro atoms. The lowest BCUT2D eigenvalue weighted by molar-refractivity contribution is 0.413. The van der Waals surface area contributed by atoms with Crippen LogP contribution in [0.15, 0.2) is 18.2 Å². The lowest BCUT2D eigenvalue weighted by Gasteiger charge is -2.16. The molecule has 1 rings (SSSR count). The number of halogens is 1. The molecule has 84 valence electrons. The third kappa shape index (κ3) is 3.40. The molecule has 15 heavy (non-hydrogen) atoms. The van der Waals surface area contributed by atoms with Crippen LogP contribution in [0.3, 0.4) is 0 Å². The summed E-state index contributed by atoms with van der Waals surface area (Å²) in [6.45, 7) is 4.29. The van der Waals surface area contributed by atoms with Gasteiger partial charge in [0.1, 0.15) is 5.75 Å². The van der Waals surface area contributed by atoms with E-state index in [1.54, 1.807) is 7.11 Å². The predicted octanol–water partition coefficient (Wildman–Crippen LogP) is 3.39. The molecule has 0 aliphatic rings. The maximum Gasteiger partial charge on any atom is 0.119 e. The Hall–Kier alpha value is -0.730. The second-order valence-electron chi connectivity index (χ2n) is 4.12. The summed E-state index contributed by atoms with van der Waals surface area (Å²) in [7, 11) is 1.64. The van der Waals surface area contributed by atoms with E-state index in [9.17, 15) is 0 Å². The van der Waals surface area contributed by atoms with Crippen molar-refractivity contribution >= 4 is 11.6 Å². The standard InChI is InChI=1S/C12H18ClNO/c1-8(2)6-12(14)10-7-9(15-3)4-5-11(10)13/h4-5,7-8,12H,6,14H2,1-3H3. The monoisotopic (exact) mass is 227 g/mol. The molecule has 2 N–H and O–H groups in total. The van der Waals surface area contributed by atoms with Crippen LogP contribution in [0.5, 0.6) is 5.75 Å². The minimum atomic E-state index is -0.0207. The van der Waals surface area contributed by atoms with Crippen LogP contribution >= 0.6 is 11.6 Å². The Morgan fingerprint density at radius 2 is 2.07 bits per heavy atom. The summed E-state index contributed by atoms with van der Waals surface area (Å²) in [6.07, 6.45) is 0.923. The van der Waals surface area contributed by atoms with Gasteiger partial charge in [-0.05, 0) is 36.1 Å². The summed E-state index contributed by atoms with van der Waals surface area (Å²) in [5.74, 6) is 1.36. The highest BCUT2D eigenvalue weighted by Gasteiger charge is 2.12. The van der Waals surface area contributed by atoms with Gasteiger partial charge in [0.15, 0.2) is 0 Å². The zero-order valence-electron chi connectivity index (χ0n) is 9.46. The Balaban J connectivity index is 2.91. The third-order valence-corrected chi connectivity index (χ3v) is 2.67. The van der Waals surface area contributed by atoms with E-state index >= 15 is 0 Å². The molecule has 0 amide bonds. The zero-order valence-corrected chi connectivity index (χ0v) is 10.2. The lowest BCUT2D eigenvalue weighted by atomic mass is 9.98. The van der Waals surface area contributed by atoms with Crippen molar-refractivity contribution in [3.63, 3.8) is 0 Å². The van der Waals surface area contributed by atoms with Gasteiger partial charge < -0.3 is 10.5 Å². The van der Waals surface area contributed by atoms with Gasteiger partial charge in [0.2, 0.25) is 0 Å². The molecule has 1 aromatic rings. The van der Waals surface area contributed by atoms with Gasteiger partial charge in [-0.25, -0.2) is 0 Å². The first kappa shape index (κ1) is 12.3. The molecule has 0 saturated carbocycles. The van der Waals surface area contributed by atoms with Crippen molar-refractivity contribution in [1.29, 1.82) is 0 Å². The van der Waals surface area contributed by atoms with Crippen molar-refractivity contribution in [2.45, 2.75) is 26.3 Å². The molecule has 0 saturated heterocycles. The number of benzene rings is 1. The van der Waals surface area contributed by atoms with Crippen molar-refractivity contribution in [1.82, 2.24) is 0 Å². The molecule has 0 aromatic heterocycles. The van der Waals surface area contributed by atoms with E-state index in [1.165, 1.54) is 0 Å². The summed E-state index contributed by atoms with van der Waals surface area (Å²) in [5, 5.41) is 0.712. The molecule has 0 bridgehead atoms. The van der Waals surface area contributed by atoms with Crippen LogP contribution in [0.25, 0.3) is 0 Å². The Labute approximate surface area is 96.4 Å². The van der Waals surface area contributed by atoms with E-state index in [1.807, 2.05) is 18.2 Å². The Morgan fingerprint density at radius 3 is 2.60 bits per heavy atom. The summed E-state index contributed by atoms with van der Waals surface area (Å²) in [4.78, 5) is 0. The van der Waals surface area contributed by atoms with Crippen LogP contribution in [-0.4, -0.2) is 7.11 Å². The average Bonchev–Trinajstić information content (AvgIpc) is 2.17. The molecule has 2 nitrogen and oxygen atoms in total. The number of methoxy groups -OCH3 is 1. The Bertz CT molecular complexity index is 325. The summed E-state index contributed by atoms with van der Waals surface area (Å²) < 4.78 is 5.15. The normalized spacial score (nSPS) is 12.9. The van der Waals surface area contributed by atoms with Crippen LogP contribution in [-0.2, 0) is 0 Å². The largest absolute Gasteiger partial charge is 0.497 e. The molecule has 0 aliphatic carbocycles. The molecule has 1 aromatic carbocycles. The molecule has 0 radical (unpaired) electrons. The van der Waals surface area contributed by atoms with Crippen LogP contribution in [0, 0.1) is 5.92 Å². The van der Waals surface area contributed by atoms with Gasteiger partial charge in [-0.1, -0.05) is 25.4 Å². The maximum atomic E-state index is 6.10. The fourth-order valence-corrected chi connectivity index (χ4v) is 1.83. The highest BCUT2D eigenvalue weighted by molar-refractivity contribution is 6.31. The van der Waals surface area contributed by atoms with Crippen molar-refractivity contribution in [2.75, 3.05) is 7.11 Å². The first-order chi connectivity index (χ1) is 7.04. The van der Waals surface area contributed by atoms with Crippen molar-refractivity contribution < 1.29 is 4.74 Å². The first-order valence-electron chi connectivity index (χ1n) is 5.13. The Kier molecular flexibility index (Phi) is 4.43. The predicted molar refractivity (Wildman–Crippen MR) is 64.4 cm³/mol. The number of nitrogens with two attached hydrogens (primary N) is 1. The van der Waals surface area contributed by atoms with E-state index in [0.29, 0.717) is 10.9 Å². The van der Waals surface area contributed by atoms with Gasteiger partial charge in [0, 0.05) is 11.1 Å². The van der Waals surface area contributed by atoms with Crippen LogP contribution in [0.4, 0.5) is 0 Å². The fraction of sp³-hybridized carbons (Fsp3) is 0.500. The highest BCUT2D eigenvalue weighted by atomic mass is 35.5. The van der Waals surface area contributed by atoms with Crippen molar-refractivity contribution in [2.24, 2.45) is 11.7 Å². The van der Waals surface area contributed by atoms with Crippen molar-refractivity contribution in [3.8, 4) is 5.75 Å². The topological polar surface area (TPSA) is 35.2 Å². The summed E-state index contributed by atoms with van der Waals surface area (Å²) >= 11 is 6.10. The van der Waals surface area contributed by atoms with E-state index in [-0.39, 0.29) is 6.04 Å². The number of hydrogen-bond donors (Lipinski definition) is 1. The van der Waals surface area contributed by atoms with Crippen LogP contribution in [0.1, 0.15) is 31.9 Å². The van der Waals surface area contributed by atoms with Gasteiger partial charge in [0.05, 0.1) is 7.11 Å². The molecule has 3 heteroatoms. The zero-order chi connectivity index (χ0) is 11.4. The van der Waals surface area contributed by atoms with Crippen LogP contribution in [0.2, 0.25) is 5.02 Å². The molecule has 1 atom stereocenters. The minimum absolute atomic E-state index is 0.0207. The van der Waals surface area contributed by atoms with E-state index in [0.717, 1.165) is 17.7 Å². The van der Waals surface area contributed by atoms with Gasteiger partial charge in [-0.2, -0.15) is 0 Å². The Morgan fingerprint density at radius 1 is 1.40 bits per heavy atom. The molecular weight excluding hydrogens is 210 g/mol. The smallest absolute Gasteiger partial charge is 0.119 e. The molecule has 0 fully saturated rings. The second-order valence-corrected chi connectivity index (χ2v) is 4.53. The number of ether oxygens (including phenoxy) is 1. The van der Waals surface area contributed by atoms with E-state index in [4.69, 9.17) is 22.1 Å². The lowest BCUT2D eigenvalue weighted by Crippen LogP contribution is -2.13. The van der Waals surface area contributed by atoms with E-state index in [2.05, 4.69) is 13.8 Å². The quantitative estimate of drug-likeness (QED) is 0.856. The first-order valence-corrected chi connectivity index (χ1v) is 5.51. The van der Waals surface area contributed by atoms with E-state index < -0.39 is 0 Å². The summed E-state index contributed by atoms with van der Waals surface area (Å²) in [5.41, 5.74) is 7.04. The molecule has 0 aliphatic heterocycles. The molecule has 0 heterocycles. The average molecular weight is 228 g/mol. The number of hydrogen-bond acceptors (Lipinski definition) is 2. The maximum absolute atomic E-state index is 6.10. The molecular formula is C12H18ClNO. The molecule has 1 unspecified atom stereocenters. The number of rotatable bonds is 4. The highest BCUT2D eigenvalue weighted by Crippen LogP contribution is 2.29. The second kappa shape index (κ2) is 5.38.